The van der Waals surface area contributed by atoms with E-state index in [1.807, 2.05) is 66.7 Å². The lowest BCUT2D eigenvalue weighted by atomic mass is 9.80. The Kier molecular flexibility index (Phi) is 6.47. The van der Waals surface area contributed by atoms with E-state index in [-0.39, 0.29) is 11.3 Å². The van der Waals surface area contributed by atoms with Crippen LogP contribution in [-0.2, 0) is 16.6 Å². The minimum absolute atomic E-state index is 0.138. The molecule has 2 atom stereocenters. The summed E-state index contributed by atoms with van der Waals surface area (Å²) < 4.78 is 5.62. The summed E-state index contributed by atoms with van der Waals surface area (Å²) in [6.45, 7) is 6.74. The maximum atomic E-state index is 13.9. The van der Waals surface area contributed by atoms with Crippen molar-refractivity contribution in [1.29, 1.82) is 0 Å². The molecular weight excluding hydrogens is 426 g/mol. The Labute approximate surface area is 201 Å². The number of ether oxygens (including phenoxy) is 1. The van der Waals surface area contributed by atoms with E-state index >= 15 is 0 Å². The number of carbonyl (C=O) groups excluding carboxylic acids is 1. The van der Waals surface area contributed by atoms with E-state index in [1.165, 1.54) is 0 Å². The lowest BCUT2D eigenvalue weighted by Crippen LogP contribution is -2.44. The van der Waals surface area contributed by atoms with Crippen LogP contribution >= 0.6 is 0 Å². The van der Waals surface area contributed by atoms with Gasteiger partial charge in [0.25, 0.3) is 5.91 Å². The second-order valence-corrected chi connectivity index (χ2v) is 9.78. The molecule has 0 saturated carbocycles. The molecule has 0 aliphatic carbocycles. The summed E-state index contributed by atoms with van der Waals surface area (Å²) in [6, 6.07) is 21.9. The number of carboxylic acid groups (broad SMARTS) is 1. The van der Waals surface area contributed by atoms with Crippen molar-refractivity contribution in [3.8, 4) is 5.75 Å². The Balaban J connectivity index is 1.82. The number of aliphatic carboxylic acids is 1. The Bertz CT molecular complexity index is 1200. The van der Waals surface area contributed by atoms with Crippen LogP contribution in [0.15, 0.2) is 72.8 Å². The van der Waals surface area contributed by atoms with E-state index in [0.717, 1.165) is 16.7 Å². The molecular formula is C29H31NO4. The molecule has 5 nitrogen and oxygen atoms in total. The fourth-order valence-corrected chi connectivity index (χ4v) is 4.92. The molecule has 0 fully saturated rings. The number of amides is 1. The van der Waals surface area contributed by atoms with E-state index in [9.17, 15) is 14.7 Å². The first kappa shape index (κ1) is 23.6. The minimum Gasteiger partial charge on any atom is -0.496 e. The molecule has 0 spiro atoms. The number of hydrogen-bond donors (Lipinski definition) is 1. The van der Waals surface area contributed by atoms with Crippen molar-refractivity contribution >= 4 is 11.9 Å². The molecule has 0 saturated heterocycles. The molecule has 3 aromatic carbocycles. The quantitative estimate of drug-likeness (QED) is 0.542. The number of benzene rings is 3. The van der Waals surface area contributed by atoms with Gasteiger partial charge in [-0.3, -0.25) is 9.59 Å². The molecule has 2 unspecified atom stereocenters. The molecule has 5 heteroatoms. The van der Waals surface area contributed by atoms with Crippen LogP contribution in [0.3, 0.4) is 0 Å². The van der Waals surface area contributed by atoms with Crippen LogP contribution in [0.4, 0.5) is 0 Å². The van der Waals surface area contributed by atoms with Gasteiger partial charge in [0, 0.05) is 12.1 Å². The van der Waals surface area contributed by atoms with Gasteiger partial charge in [0.15, 0.2) is 0 Å². The lowest BCUT2D eigenvalue weighted by Gasteiger charge is -2.40. The van der Waals surface area contributed by atoms with Crippen molar-refractivity contribution in [2.24, 2.45) is 0 Å². The second kappa shape index (κ2) is 9.34. The first-order chi connectivity index (χ1) is 16.2. The van der Waals surface area contributed by atoms with Gasteiger partial charge in [-0.15, -0.1) is 0 Å². The van der Waals surface area contributed by atoms with Crippen LogP contribution in [-0.4, -0.2) is 35.5 Å². The number of methoxy groups -OCH3 is 1. The Morgan fingerprint density at radius 2 is 1.68 bits per heavy atom. The van der Waals surface area contributed by atoms with Crippen LogP contribution in [0, 0.1) is 0 Å². The molecule has 1 aliphatic heterocycles. The standard InChI is InChI=1S/C29H31NO4/c1-29(2,3)23-15-14-21(18-24(23)34-4)27(31)30-17-16-19-10-8-9-13-22(19)26(30)25(28(32)33)20-11-6-5-7-12-20/h5-15,18,25-26H,16-17H2,1-4H3,(H,32,33). The molecule has 176 valence electrons. The van der Waals surface area contributed by atoms with Gasteiger partial charge >= 0.3 is 5.97 Å². The number of carboxylic acids is 1. The average Bonchev–Trinajstić information content (AvgIpc) is 2.83. The first-order valence-electron chi connectivity index (χ1n) is 11.6. The topological polar surface area (TPSA) is 66.8 Å². The zero-order chi connectivity index (χ0) is 24.5. The third-order valence-electron chi connectivity index (χ3n) is 6.59. The van der Waals surface area contributed by atoms with E-state index in [4.69, 9.17) is 4.74 Å². The maximum absolute atomic E-state index is 13.9. The normalized spacial score (nSPS) is 16.5. The van der Waals surface area contributed by atoms with Gasteiger partial charge in [0.05, 0.1) is 13.2 Å². The largest absolute Gasteiger partial charge is 0.496 e. The summed E-state index contributed by atoms with van der Waals surface area (Å²) in [4.78, 5) is 28.2. The van der Waals surface area contributed by atoms with Crippen molar-refractivity contribution in [3.05, 3.63) is 101 Å². The third-order valence-corrected chi connectivity index (χ3v) is 6.59. The summed E-state index contributed by atoms with van der Waals surface area (Å²) >= 11 is 0. The molecule has 1 amide bonds. The summed E-state index contributed by atoms with van der Waals surface area (Å²) in [6.07, 6.45) is 0.677. The highest BCUT2D eigenvalue weighted by atomic mass is 16.5. The van der Waals surface area contributed by atoms with Crippen molar-refractivity contribution in [2.45, 2.75) is 44.6 Å². The first-order valence-corrected chi connectivity index (χ1v) is 11.6. The van der Waals surface area contributed by atoms with E-state index in [0.29, 0.717) is 29.8 Å². The number of carbonyl (C=O) groups is 2. The Morgan fingerprint density at radius 3 is 2.32 bits per heavy atom. The third kappa shape index (κ3) is 4.43. The number of fused-ring (bicyclic) bond motifs is 1. The monoisotopic (exact) mass is 457 g/mol. The fraction of sp³-hybridized carbons (Fsp3) is 0.310. The van der Waals surface area contributed by atoms with Crippen molar-refractivity contribution in [3.63, 3.8) is 0 Å². The summed E-state index contributed by atoms with van der Waals surface area (Å²) in [5, 5.41) is 10.3. The van der Waals surface area contributed by atoms with Gasteiger partial charge in [-0.1, -0.05) is 81.4 Å². The number of rotatable bonds is 5. The maximum Gasteiger partial charge on any atom is 0.313 e. The van der Waals surface area contributed by atoms with E-state index < -0.39 is 17.9 Å². The van der Waals surface area contributed by atoms with Gasteiger partial charge in [0.1, 0.15) is 11.7 Å². The highest BCUT2D eigenvalue weighted by molar-refractivity contribution is 5.96. The Hall–Kier alpha value is -3.60. The average molecular weight is 458 g/mol. The van der Waals surface area contributed by atoms with Crippen LogP contribution in [0.25, 0.3) is 0 Å². The molecule has 0 aromatic heterocycles. The SMILES string of the molecule is COc1cc(C(=O)N2CCc3ccccc3C2C(C(=O)O)c2ccccc2)ccc1C(C)(C)C. The van der Waals surface area contributed by atoms with Gasteiger partial charge in [-0.2, -0.15) is 0 Å². The molecule has 34 heavy (non-hydrogen) atoms. The van der Waals surface area contributed by atoms with Crippen LogP contribution in [0.1, 0.15) is 65.3 Å². The highest BCUT2D eigenvalue weighted by Crippen LogP contribution is 2.42. The molecule has 4 rings (SSSR count). The summed E-state index contributed by atoms with van der Waals surface area (Å²) in [5.74, 6) is -1.38. The van der Waals surface area contributed by atoms with Gasteiger partial charge in [0.2, 0.25) is 0 Å². The van der Waals surface area contributed by atoms with E-state index in [1.54, 1.807) is 18.1 Å². The molecule has 0 radical (unpaired) electrons. The molecule has 1 aliphatic rings. The molecule has 0 bridgehead atoms. The van der Waals surface area contributed by atoms with Crippen LogP contribution in [0.2, 0.25) is 0 Å². The lowest BCUT2D eigenvalue weighted by molar-refractivity contribution is -0.140. The van der Waals surface area contributed by atoms with Crippen molar-refractivity contribution < 1.29 is 19.4 Å². The predicted octanol–water partition coefficient (Wildman–Crippen LogP) is 5.60. The fourth-order valence-electron chi connectivity index (χ4n) is 4.92. The van der Waals surface area contributed by atoms with Gasteiger partial charge in [-0.25, -0.2) is 0 Å². The van der Waals surface area contributed by atoms with Crippen LogP contribution in [0.5, 0.6) is 5.75 Å². The van der Waals surface area contributed by atoms with Crippen LogP contribution < -0.4 is 4.74 Å². The zero-order valence-corrected chi connectivity index (χ0v) is 20.1. The van der Waals surface area contributed by atoms with Gasteiger partial charge < -0.3 is 14.7 Å². The van der Waals surface area contributed by atoms with Crippen molar-refractivity contribution in [2.75, 3.05) is 13.7 Å². The molecule has 3 aromatic rings. The second-order valence-electron chi connectivity index (χ2n) is 9.78. The number of hydrogen-bond acceptors (Lipinski definition) is 3. The van der Waals surface area contributed by atoms with Crippen molar-refractivity contribution in [1.82, 2.24) is 4.90 Å². The smallest absolute Gasteiger partial charge is 0.313 e. The summed E-state index contributed by atoms with van der Waals surface area (Å²) in [7, 11) is 1.61. The zero-order valence-electron chi connectivity index (χ0n) is 20.1. The van der Waals surface area contributed by atoms with E-state index in [2.05, 4.69) is 20.8 Å². The number of nitrogens with zero attached hydrogens (tertiary/aromatic N) is 1. The molecule has 1 N–H and O–H groups in total. The minimum atomic E-state index is -0.952. The highest BCUT2D eigenvalue weighted by Gasteiger charge is 2.41. The predicted molar refractivity (Wildman–Crippen MR) is 132 cm³/mol. The Morgan fingerprint density at radius 1 is 1.00 bits per heavy atom. The summed E-state index contributed by atoms with van der Waals surface area (Å²) in [5.41, 5.74) is 4.01. The molecule has 1 heterocycles. The van der Waals surface area contributed by atoms with Gasteiger partial charge in [-0.05, 0) is 46.2 Å².